The average Bonchev–Trinajstić information content (AvgIpc) is 2.29. The van der Waals surface area contributed by atoms with Crippen LogP contribution >= 0.6 is 0 Å². The minimum absolute atomic E-state index is 0.0567. The van der Waals surface area contributed by atoms with Crippen molar-refractivity contribution in [3.05, 3.63) is 0 Å². The lowest BCUT2D eigenvalue weighted by molar-refractivity contribution is 0.431. The first-order valence-corrected chi connectivity index (χ1v) is 7.44. The van der Waals surface area contributed by atoms with Crippen molar-refractivity contribution in [1.29, 1.82) is 5.26 Å². The van der Waals surface area contributed by atoms with Crippen LogP contribution in [0.4, 0.5) is 0 Å². The van der Waals surface area contributed by atoms with Gasteiger partial charge >= 0.3 is 0 Å². The van der Waals surface area contributed by atoms with Crippen LogP contribution in [0.1, 0.15) is 51.9 Å². The van der Waals surface area contributed by atoms with E-state index in [4.69, 9.17) is 5.26 Å². The van der Waals surface area contributed by atoms with E-state index in [-0.39, 0.29) is 11.2 Å². The first-order chi connectivity index (χ1) is 7.29. The van der Waals surface area contributed by atoms with E-state index in [9.17, 15) is 4.21 Å². The van der Waals surface area contributed by atoms with E-state index in [0.29, 0.717) is 0 Å². The number of hydrogen-bond donors (Lipinski definition) is 0. The fourth-order valence-corrected chi connectivity index (χ4v) is 3.99. The van der Waals surface area contributed by atoms with Gasteiger partial charge in [-0.15, -0.1) is 0 Å². The normalized spacial score (nSPS) is 28.3. The molecule has 1 fully saturated rings. The lowest BCUT2D eigenvalue weighted by Gasteiger charge is -2.25. The molecule has 0 N–H and O–H groups in total. The van der Waals surface area contributed by atoms with Crippen LogP contribution in [-0.4, -0.2) is 15.2 Å². The van der Waals surface area contributed by atoms with Gasteiger partial charge in [-0.1, -0.05) is 32.6 Å². The van der Waals surface area contributed by atoms with Gasteiger partial charge in [-0.05, 0) is 19.3 Å². The zero-order valence-electron chi connectivity index (χ0n) is 9.58. The van der Waals surface area contributed by atoms with Gasteiger partial charge in [0.1, 0.15) is 0 Å². The molecule has 1 aliphatic rings. The van der Waals surface area contributed by atoms with E-state index in [0.717, 1.165) is 44.3 Å². The molecule has 0 heterocycles. The summed E-state index contributed by atoms with van der Waals surface area (Å²) >= 11 is 0. The van der Waals surface area contributed by atoms with Crippen molar-refractivity contribution < 1.29 is 4.21 Å². The van der Waals surface area contributed by atoms with E-state index in [1.807, 2.05) is 0 Å². The molecule has 0 saturated heterocycles. The second-order valence-electron chi connectivity index (χ2n) is 4.35. The molecule has 0 bridgehead atoms. The van der Waals surface area contributed by atoms with Gasteiger partial charge in [0.2, 0.25) is 0 Å². The van der Waals surface area contributed by atoms with Crippen molar-refractivity contribution in [2.24, 2.45) is 5.92 Å². The minimum Gasteiger partial charge on any atom is -0.259 e. The van der Waals surface area contributed by atoms with Crippen molar-refractivity contribution >= 4 is 10.8 Å². The standard InChI is InChI=1S/C12H21NOS/c1-2-3-6-9-15(14)12-8-5-4-7-11(12)10-13/h11-12H,2-9H2,1H3. The zero-order chi connectivity index (χ0) is 11.1. The zero-order valence-corrected chi connectivity index (χ0v) is 10.4. The van der Waals surface area contributed by atoms with Crippen LogP contribution in [0, 0.1) is 17.2 Å². The Labute approximate surface area is 95.5 Å². The van der Waals surface area contributed by atoms with Crippen molar-refractivity contribution in [1.82, 2.24) is 0 Å². The fourth-order valence-electron chi connectivity index (χ4n) is 2.20. The second kappa shape index (κ2) is 7.00. The molecule has 0 aliphatic heterocycles. The van der Waals surface area contributed by atoms with Crippen molar-refractivity contribution in [3.63, 3.8) is 0 Å². The molecule has 0 radical (unpaired) electrons. The predicted molar refractivity (Wildman–Crippen MR) is 63.9 cm³/mol. The monoisotopic (exact) mass is 227 g/mol. The Morgan fingerprint density at radius 3 is 2.73 bits per heavy atom. The van der Waals surface area contributed by atoms with Gasteiger partial charge in [-0.2, -0.15) is 5.26 Å². The quantitative estimate of drug-likeness (QED) is 0.677. The molecule has 0 spiro atoms. The smallest absolute Gasteiger partial charge is 0.0668 e. The predicted octanol–water partition coefficient (Wildman–Crippen LogP) is 3.01. The van der Waals surface area contributed by atoms with Crippen LogP contribution in [0.25, 0.3) is 0 Å². The molecule has 1 saturated carbocycles. The summed E-state index contributed by atoms with van der Waals surface area (Å²) in [6.07, 6.45) is 7.64. The van der Waals surface area contributed by atoms with Crippen LogP contribution in [0.15, 0.2) is 0 Å². The number of unbranched alkanes of at least 4 members (excludes halogenated alkanes) is 2. The first-order valence-electron chi connectivity index (χ1n) is 6.06. The van der Waals surface area contributed by atoms with Crippen molar-refractivity contribution in [2.45, 2.75) is 57.1 Å². The molecule has 3 unspecified atom stereocenters. The van der Waals surface area contributed by atoms with Crippen LogP contribution in [0.3, 0.4) is 0 Å². The highest BCUT2D eigenvalue weighted by atomic mass is 32.2. The molecule has 0 aromatic rings. The molecule has 1 aliphatic carbocycles. The van der Waals surface area contributed by atoms with Crippen molar-refractivity contribution in [2.75, 3.05) is 5.75 Å². The summed E-state index contributed by atoms with van der Waals surface area (Å²) in [6, 6.07) is 2.33. The Bertz CT molecular complexity index is 246. The Morgan fingerprint density at radius 1 is 1.33 bits per heavy atom. The summed E-state index contributed by atoms with van der Waals surface area (Å²) in [7, 11) is -0.760. The summed E-state index contributed by atoms with van der Waals surface area (Å²) in [6.45, 7) is 2.15. The largest absolute Gasteiger partial charge is 0.259 e. The van der Waals surface area contributed by atoms with E-state index in [1.165, 1.54) is 6.42 Å². The number of nitriles is 1. The molecule has 15 heavy (non-hydrogen) atoms. The van der Waals surface area contributed by atoms with Gasteiger partial charge < -0.3 is 0 Å². The van der Waals surface area contributed by atoms with E-state index in [2.05, 4.69) is 13.0 Å². The van der Waals surface area contributed by atoms with Gasteiger partial charge in [0.05, 0.1) is 17.2 Å². The van der Waals surface area contributed by atoms with E-state index in [1.54, 1.807) is 0 Å². The summed E-state index contributed by atoms with van der Waals surface area (Å²) in [4.78, 5) is 0. The third-order valence-electron chi connectivity index (χ3n) is 3.16. The molecule has 1 rings (SSSR count). The van der Waals surface area contributed by atoms with Gasteiger partial charge in [0.25, 0.3) is 0 Å². The molecule has 3 atom stereocenters. The molecule has 0 amide bonds. The topological polar surface area (TPSA) is 40.9 Å². The molecular formula is C12H21NOS. The highest BCUT2D eigenvalue weighted by molar-refractivity contribution is 7.85. The Morgan fingerprint density at radius 2 is 2.07 bits per heavy atom. The van der Waals surface area contributed by atoms with Gasteiger partial charge in [0, 0.05) is 16.6 Å². The first kappa shape index (κ1) is 12.7. The maximum atomic E-state index is 12.0. The number of hydrogen-bond acceptors (Lipinski definition) is 2. The Kier molecular flexibility index (Phi) is 5.93. The lowest BCUT2D eigenvalue weighted by atomic mass is 9.90. The van der Waals surface area contributed by atoms with Crippen molar-refractivity contribution in [3.8, 4) is 6.07 Å². The van der Waals surface area contributed by atoms with Crippen LogP contribution < -0.4 is 0 Å². The maximum absolute atomic E-state index is 12.0. The lowest BCUT2D eigenvalue weighted by Crippen LogP contribution is -2.29. The molecular weight excluding hydrogens is 206 g/mol. The number of nitrogens with zero attached hydrogens (tertiary/aromatic N) is 1. The SMILES string of the molecule is CCCCCS(=O)C1CCCCC1C#N. The summed E-state index contributed by atoms with van der Waals surface area (Å²) < 4.78 is 12.0. The maximum Gasteiger partial charge on any atom is 0.0668 e. The molecule has 86 valence electrons. The van der Waals surface area contributed by atoms with Crippen LogP contribution in [0.5, 0.6) is 0 Å². The summed E-state index contributed by atoms with van der Waals surface area (Å²) in [5.41, 5.74) is 0. The van der Waals surface area contributed by atoms with Gasteiger partial charge in [-0.25, -0.2) is 0 Å². The summed E-state index contributed by atoms with van der Waals surface area (Å²) in [5, 5.41) is 9.16. The summed E-state index contributed by atoms with van der Waals surface area (Å²) in [5.74, 6) is 0.859. The molecule has 0 aromatic carbocycles. The number of rotatable bonds is 5. The second-order valence-corrected chi connectivity index (χ2v) is 6.13. The van der Waals surface area contributed by atoms with E-state index < -0.39 is 10.8 Å². The highest BCUT2D eigenvalue weighted by Gasteiger charge is 2.29. The average molecular weight is 227 g/mol. The van der Waals surface area contributed by atoms with Gasteiger partial charge in [0.15, 0.2) is 0 Å². The Balaban J connectivity index is 2.39. The molecule has 0 aromatic heterocycles. The fraction of sp³-hybridized carbons (Fsp3) is 0.917. The molecule has 3 heteroatoms. The Hall–Kier alpha value is -0.360. The highest BCUT2D eigenvalue weighted by Crippen LogP contribution is 2.28. The van der Waals surface area contributed by atoms with Gasteiger partial charge in [-0.3, -0.25) is 4.21 Å². The molecule has 2 nitrogen and oxygen atoms in total. The third kappa shape index (κ3) is 3.95. The third-order valence-corrected chi connectivity index (χ3v) is 5.09. The van der Waals surface area contributed by atoms with Crippen LogP contribution in [0.2, 0.25) is 0 Å². The van der Waals surface area contributed by atoms with E-state index >= 15 is 0 Å². The minimum atomic E-state index is -0.760. The van der Waals surface area contributed by atoms with Crippen LogP contribution in [-0.2, 0) is 10.8 Å².